The lowest BCUT2D eigenvalue weighted by Gasteiger charge is -2.07. The van der Waals surface area contributed by atoms with Crippen LogP contribution in [0.3, 0.4) is 0 Å². The number of hydrogen-bond donors (Lipinski definition) is 1. The molecule has 0 spiro atoms. The second-order valence-corrected chi connectivity index (χ2v) is 5.03. The summed E-state index contributed by atoms with van der Waals surface area (Å²) in [4.78, 5) is 14.8. The fraction of sp³-hybridized carbons (Fsp3) is 0.333. The molecule has 2 aromatic rings. The van der Waals surface area contributed by atoms with E-state index in [1.165, 1.54) is 12.1 Å². The number of rotatable bonds is 4. The number of halogens is 1. The lowest BCUT2D eigenvalue weighted by Crippen LogP contribution is -2.31. The largest absolute Gasteiger partial charge is 0.311 e. The van der Waals surface area contributed by atoms with Crippen LogP contribution in [0.2, 0.25) is 0 Å². The highest BCUT2D eigenvalue weighted by Gasteiger charge is 2.06. The zero-order valence-corrected chi connectivity index (χ0v) is 13.6. The molecule has 22 heavy (non-hydrogen) atoms. The quantitative estimate of drug-likeness (QED) is 0.935. The van der Waals surface area contributed by atoms with Crippen molar-refractivity contribution in [3.8, 4) is 11.3 Å². The van der Waals surface area contributed by atoms with E-state index < -0.39 is 0 Å². The van der Waals surface area contributed by atoms with E-state index in [2.05, 4.69) is 10.3 Å². The smallest absolute Gasteiger partial charge is 0.146 e. The Balaban J connectivity index is 0.000000261. The van der Waals surface area contributed by atoms with Crippen molar-refractivity contribution in [1.82, 2.24) is 10.3 Å². The predicted molar refractivity (Wildman–Crippen MR) is 88.2 cm³/mol. The van der Waals surface area contributed by atoms with E-state index in [4.69, 9.17) is 0 Å². The van der Waals surface area contributed by atoms with Crippen molar-refractivity contribution in [1.29, 1.82) is 0 Å². The zero-order valence-electron chi connectivity index (χ0n) is 13.6. The normalized spacial score (nSPS) is 11.3. The van der Waals surface area contributed by atoms with Crippen LogP contribution in [0.25, 0.3) is 11.3 Å². The third-order valence-electron chi connectivity index (χ3n) is 3.38. The summed E-state index contributed by atoms with van der Waals surface area (Å²) in [6.45, 7) is 5.47. The summed E-state index contributed by atoms with van der Waals surface area (Å²) in [5.74, 6) is 0.0113. The van der Waals surface area contributed by atoms with Crippen LogP contribution < -0.4 is 5.32 Å². The molecule has 118 valence electrons. The summed E-state index contributed by atoms with van der Waals surface area (Å²) in [6, 6.07) is 10.5. The van der Waals surface area contributed by atoms with Gasteiger partial charge in [0, 0.05) is 11.8 Å². The fourth-order valence-electron chi connectivity index (χ4n) is 2.13. The number of nitrogens with zero attached hydrogens (tertiary/aromatic N) is 1. The molecule has 0 saturated heterocycles. The fourth-order valence-corrected chi connectivity index (χ4v) is 2.13. The van der Waals surface area contributed by atoms with E-state index in [0.29, 0.717) is 0 Å². The first-order valence-corrected chi connectivity index (χ1v) is 7.34. The summed E-state index contributed by atoms with van der Waals surface area (Å²) in [5, 5.41) is 2.90. The van der Waals surface area contributed by atoms with Gasteiger partial charge >= 0.3 is 0 Å². The molecule has 2 rings (SSSR count). The first kappa shape index (κ1) is 18.0. The minimum Gasteiger partial charge on any atom is -0.311 e. The molecule has 0 saturated carbocycles. The molecule has 4 heteroatoms. The number of hydrogen-bond acceptors (Lipinski definition) is 3. The van der Waals surface area contributed by atoms with Crippen molar-refractivity contribution in [2.45, 2.75) is 33.2 Å². The van der Waals surface area contributed by atoms with E-state index in [0.717, 1.165) is 23.2 Å². The van der Waals surface area contributed by atoms with Gasteiger partial charge in [0.05, 0.1) is 11.7 Å². The number of ketones is 1. The van der Waals surface area contributed by atoms with Crippen LogP contribution in [0.5, 0.6) is 0 Å². The van der Waals surface area contributed by atoms with Crippen LogP contribution in [0.1, 0.15) is 25.8 Å². The number of carbonyl (C=O) groups is 1. The SMILES string of the molecule is CC[C@H](NC)C(C)=O.Cc1cc(F)ccc1-c1ccccn1. The van der Waals surface area contributed by atoms with Gasteiger partial charge in [0.15, 0.2) is 0 Å². The number of benzene rings is 1. The van der Waals surface area contributed by atoms with Gasteiger partial charge in [0.25, 0.3) is 0 Å². The molecule has 1 aromatic heterocycles. The molecule has 0 amide bonds. The summed E-state index contributed by atoms with van der Waals surface area (Å²) in [5.41, 5.74) is 2.76. The molecule has 0 unspecified atom stereocenters. The molecule has 1 atom stereocenters. The monoisotopic (exact) mass is 302 g/mol. The van der Waals surface area contributed by atoms with Gasteiger partial charge in [-0.3, -0.25) is 9.78 Å². The third kappa shape index (κ3) is 5.37. The Morgan fingerprint density at radius 2 is 2.05 bits per heavy atom. The summed E-state index contributed by atoms with van der Waals surface area (Å²) in [7, 11) is 1.80. The molecule has 1 heterocycles. The maximum absolute atomic E-state index is 12.8. The summed E-state index contributed by atoms with van der Waals surface area (Å²) >= 11 is 0. The molecule has 0 aliphatic carbocycles. The van der Waals surface area contributed by atoms with Crippen molar-refractivity contribution in [2.75, 3.05) is 7.05 Å². The van der Waals surface area contributed by atoms with Gasteiger partial charge in [0.2, 0.25) is 0 Å². The highest BCUT2D eigenvalue weighted by Crippen LogP contribution is 2.21. The van der Waals surface area contributed by atoms with Crippen molar-refractivity contribution in [3.05, 3.63) is 54.0 Å². The second kappa shape index (κ2) is 9.05. The number of pyridine rings is 1. The average Bonchev–Trinajstić information content (AvgIpc) is 2.49. The molecule has 0 radical (unpaired) electrons. The Hall–Kier alpha value is -2.07. The number of aromatic nitrogens is 1. The van der Waals surface area contributed by atoms with Crippen LogP contribution in [0.4, 0.5) is 4.39 Å². The lowest BCUT2D eigenvalue weighted by molar-refractivity contribution is -0.118. The zero-order chi connectivity index (χ0) is 16.5. The van der Waals surface area contributed by atoms with Crippen molar-refractivity contribution in [3.63, 3.8) is 0 Å². The molecular weight excluding hydrogens is 279 g/mol. The summed E-state index contributed by atoms with van der Waals surface area (Å²) in [6.07, 6.45) is 2.62. The second-order valence-electron chi connectivity index (χ2n) is 5.03. The van der Waals surface area contributed by atoms with Crippen LogP contribution in [-0.4, -0.2) is 23.9 Å². The van der Waals surface area contributed by atoms with E-state index in [-0.39, 0.29) is 17.6 Å². The van der Waals surface area contributed by atoms with Gasteiger partial charge in [-0.1, -0.05) is 13.0 Å². The maximum atomic E-state index is 12.8. The van der Waals surface area contributed by atoms with Gasteiger partial charge in [-0.15, -0.1) is 0 Å². The number of likely N-dealkylation sites (N-methyl/N-ethyl adjacent to an activating group) is 1. The molecule has 1 aromatic carbocycles. The van der Waals surface area contributed by atoms with E-state index in [1.807, 2.05) is 32.0 Å². The van der Waals surface area contributed by atoms with Crippen LogP contribution >= 0.6 is 0 Å². The predicted octanol–water partition coefficient (Wildman–Crippen LogP) is 3.77. The Kier molecular flexibility index (Phi) is 7.40. The molecular formula is C18H23FN2O. The standard InChI is InChI=1S/C12H10FN.C6H13NO/c1-9-8-10(13)5-6-11(9)12-4-2-3-7-14-12;1-4-6(7-3)5(2)8/h2-8H,1H3;6-7H,4H2,1-3H3/t;6-/m.0/s1. The van der Waals surface area contributed by atoms with Crippen molar-refractivity contribution in [2.24, 2.45) is 0 Å². The molecule has 0 aliphatic heterocycles. The Morgan fingerprint density at radius 1 is 1.32 bits per heavy atom. The molecule has 0 aliphatic rings. The highest BCUT2D eigenvalue weighted by atomic mass is 19.1. The van der Waals surface area contributed by atoms with Crippen LogP contribution in [0, 0.1) is 12.7 Å². The van der Waals surface area contributed by atoms with Crippen LogP contribution in [-0.2, 0) is 4.79 Å². The van der Waals surface area contributed by atoms with Gasteiger partial charge < -0.3 is 5.32 Å². The minimum absolute atomic E-state index is 0.0648. The van der Waals surface area contributed by atoms with Gasteiger partial charge in [0.1, 0.15) is 11.6 Å². The topological polar surface area (TPSA) is 42.0 Å². The number of aryl methyl sites for hydroxylation is 1. The van der Waals surface area contributed by atoms with Gasteiger partial charge in [-0.05, 0) is 63.2 Å². The highest BCUT2D eigenvalue weighted by molar-refractivity contribution is 5.81. The minimum atomic E-state index is -0.206. The molecule has 0 bridgehead atoms. The number of carbonyl (C=O) groups excluding carboxylic acids is 1. The van der Waals surface area contributed by atoms with Gasteiger partial charge in [-0.25, -0.2) is 4.39 Å². The maximum Gasteiger partial charge on any atom is 0.146 e. The lowest BCUT2D eigenvalue weighted by atomic mass is 10.1. The molecule has 1 N–H and O–H groups in total. The Bertz CT molecular complexity index is 595. The first-order valence-electron chi connectivity index (χ1n) is 7.34. The average molecular weight is 302 g/mol. The third-order valence-corrected chi connectivity index (χ3v) is 3.38. The van der Waals surface area contributed by atoms with Crippen molar-refractivity contribution >= 4 is 5.78 Å². The molecule has 3 nitrogen and oxygen atoms in total. The van der Waals surface area contributed by atoms with Crippen molar-refractivity contribution < 1.29 is 9.18 Å². The first-order chi connectivity index (χ1) is 10.5. The van der Waals surface area contributed by atoms with E-state index in [1.54, 1.807) is 26.2 Å². The van der Waals surface area contributed by atoms with E-state index >= 15 is 0 Å². The van der Waals surface area contributed by atoms with Crippen LogP contribution in [0.15, 0.2) is 42.6 Å². The number of Topliss-reactive ketones (excluding diaryl/α,β-unsaturated/α-hetero) is 1. The Labute approximate surface area is 131 Å². The van der Waals surface area contributed by atoms with E-state index in [9.17, 15) is 9.18 Å². The Morgan fingerprint density at radius 3 is 2.45 bits per heavy atom. The summed E-state index contributed by atoms with van der Waals surface area (Å²) < 4.78 is 12.8. The molecule has 0 fully saturated rings. The number of nitrogens with one attached hydrogen (secondary N) is 1. The van der Waals surface area contributed by atoms with Gasteiger partial charge in [-0.2, -0.15) is 0 Å².